The van der Waals surface area contributed by atoms with Crippen LogP contribution < -0.4 is 0 Å². The van der Waals surface area contributed by atoms with Gasteiger partial charge in [-0.05, 0) is 11.6 Å². The van der Waals surface area contributed by atoms with Gasteiger partial charge >= 0.3 is 11.9 Å². The van der Waals surface area contributed by atoms with Crippen LogP contribution in [0.1, 0.15) is 0 Å². The van der Waals surface area contributed by atoms with Crippen LogP contribution in [0.3, 0.4) is 0 Å². The zero-order valence-corrected chi connectivity index (χ0v) is 14.0. The average Bonchev–Trinajstić information content (AvgIpc) is 2.38. The van der Waals surface area contributed by atoms with Crippen molar-refractivity contribution in [3.8, 4) is 0 Å². The van der Waals surface area contributed by atoms with Crippen LogP contribution in [0.15, 0.2) is 23.3 Å². The molecule has 1 unspecified atom stereocenters. The van der Waals surface area contributed by atoms with Crippen molar-refractivity contribution in [2.75, 3.05) is 21.3 Å². The second kappa shape index (κ2) is 5.53. The molecule has 0 aromatic heterocycles. The molecule has 0 spiro atoms. The van der Waals surface area contributed by atoms with Gasteiger partial charge in [-0.15, -0.1) is 0 Å². The first kappa shape index (κ1) is 16.7. The van der Waals surface area contributed by atoms with E-state index in [0.29, 0.717) is 11.6 Å². The Kier molecular flexibility index (Phi) is 4.61. The van der Waals surface area contributed by atoms with Gasteiger partial charge in [0.05, 0.1) is 25.4 Å². The molecule has 0 amide bonds. The van der Waals surface area contributed by atoms with Crippen LogP contribution in [0, 0.1) is 0 Å². The Morgan fingerprint density at radius 1 is 1.10 bits per heavy atom. The van der Waals surface area contributed by atoms with Gasteiger partial charge < -0.3 is 14.2 Å². The van der Waals surface area contributed by atoms with Gasteiger partial charge in [-0.2, -0.15) is 0 Å². The molecule has 5 nitrogen and oxygen atoms in total. The predicted octanol–water partition coefficient (Wildman–Crippen LogP) is 1.92. The first-order valence-corrected chi connectivity index (χ1v) is 10.0. The molecule has 112 valence electrons. The van der Waals surface area contributed by atoms with Crippen LogP contribution in [0.25, 0.3) is 0 Å². The topological polar surface area (TPSA) is 61.8 Å². The molecule has 6 heteroatoms. The van der Waals surface area contributed by atoms with E-state index in [2.05, 4.69) is 26.2 Å². The van der Waals surface area contributed by atoms with Gasteiger partial charge in [-0.3, -0.25) is 0 Å². The monoisotopic (exact) mass is 298 g/mol. The van der Waals surface area contributed by atoms with Gasteiger partial charge in [-0.1, -0.05) is 26.2 Å². The molecule has 0 N–H and O–H groups in total. The third-order valence-corrected chi connectivity index (χ3v) is 4.91. The Morgan fingerprint density at radius 2 is 1.60 bits per heavy atom. The molecule has 20 heavy (non-hydrogen) atoms. The largest absolute Gasteiger partial charge is 0.466 e. The molecule has 1 rings (SSSR count). The van der Waals surface area contributed by atoms with Crippen molar-refractivity contribution in [3.63, 3.8) is 0 Å². The van der Waals surface area contributed by atoms with Crippen LogP contribution in [0.5, 0.6) is 0 Å². The highest BCUT2D eigenvalue weighted by molar-refractivity contribution is 6.76. The van der Waals surface area contributed by atoms with E-state index in [9.17, 15) is 9.59 Å². The smallest absolute Gasteiger partial charge is 0.338 e. The number of carbonyl (C=O) groups excluding carboxylic acids is 2. The van der Waals surface area contributed by atoms with Gasteiger partial charge in [0.25, 0.3) is 0 Å². The fourth-order valence-corrected chi connectivity index (χ4v) is 4.61. The standard InChI is InChI=1S/C14H22O5Si/c1-9-10(12(15)17-2)11(13(16)18-3)14(9,19-4)8-20(5,6)7/h1,8H2,2-7H3. The van der Waals surface area contributed by atoms with Gasteiger partial charge in [0.1, 0.15) is 5.60 Å². The van der Waals surface area contributed by atoms with Crippen LogP contribution in [0.2, 0.25) is 25.7 Å². The minimum absolute atomic E-state index is 0.180. The van der Waals surface area contributed by atoms with E-state index >= 15 is 0 Å². The highest BCUT2D eigenvalue weighted by atomic mass is 28.3. The third-order valence-electron chi connectivity index (χ3n) is 3.35. The Morgan fingerprint density at radius 3 is 1.95 bits per heavy atom. The summed E-state index contributed by atoms with van der Waals surface area (Å²) >= 11 is 0. The van der Waals surface area contributed by atoms with Crippen molar-refractivity contribution in [3.05, 3.63) is 23.3 Å². The van der Waals surface area contributed by atoms with Gasteiger partial charge in [0.15, 0.2) is 0 Å². The van der Waals surface area contributed by atoms with Crippen molar-refractivity contribution >= 4 is 20.0 Å². The molecular weight excluding hydrogens is 276 g/mol. The van der Waals surface area contributed by atoms with Crippen molar-refractivity contribution in [2.45, 2.75) is 31.3 Å². The molecule has 0 bridgehead atoms. The minimum Gasteiger partial charge on any atom is -0.466 e. The second-order valence-electron chi connectivity index (χ2n) is 5.98. The minimum atomic E-state index is -1.58. The number of carbonyl (C=O) groups is 2. The van der Waals surface area contributed by atoms with Gasteiger partial charge in [0.2, 0.25) is 0 Å². The third kappa shape index (κ3) is 2.58. The molecule has 0 heterocycles. The molecule has 0 fully saturated rings. The van der Waals surface area contributed by atoms with E-state index in [1.54, 1.807) is 0 Å². The van der Waals surface area contributed by atoms with Crippen LogP contribution in [0.4, 0.5) is 0 Å². The predicted molar refractivity (Wildman–Crippen MR) is 78.1 cm³/mol. The normalized spacial score (nSPS) is 22.4. The maximum Gasteiger partial charge on any atom is 0.338 e. The number of methoxy groups -OCH3 is 3. The Balaban J connectivity index is 3.40. The number of hydrogen-bond acceptors (Lipinski definition) is 5. The lowest BCUT2D eigenvalue weighted by atomic mass is 9.70. The summed E-state index contributed by atoms with van der Waals surface area (Å²) in [4.78, 5) is 23.8. The first-order valence-electron chi connectivity index (χ1n) is 6.31. The highest BCUT2D eigenvalue weighted by Gasteiger charge is 2.57. The van der Waals surface area contributed by atoms with E-state index in [0.717, 1.165) is 0 Å². The maximum atomic E-state index is 12.0. The molecule has 1 aliphatic rings. The zero-order chi connectivity index (χ0) is 15.7. The fraction of sp³-hybridized carbons (Fsp3) is 0.571. The zero-order valence-electron chi connectivity index (χ0n) is 13.0. The summed E-state index contributed by atoms with van der Waals surface area (Å²) < 4.78 is 15.1. The van der Waals surface area contributed by atoms with Gasteiger partial charge in [-0.25, -0.2) is 9.59 Å². The lowest BCUT2D eigenvalue weighted by molar-refractivity contribution is -0.143. The molecular formula is C14H22O5Si. The van der Waals surface area contributed by atoms with Crippen molar-refractivity contribution in [1.82, 2.24) is 0 Å². The van der Waals surface area contributed by atoms with Gasteiger partial charge in [0, 0.05) is 15.2 Å². The summed E-state index contributed by atoms with van der Waals surface area (Å²) in [5.74, 6) is -1.16. The Bertz CT molecular complexity index is 486. The Hall–Kier alpha value is -1.40. The number of hydrogen-bond donors (Lipinski definition) is 0. The summed E-state index contributed by atoms with van der Waals surface area (Å²) in [6.07, 6.45) is 0. The lowest BCUT2D eigenvalue weighted by Gasteiger charge is -2.46. The number of ether oxygens (including phenoxy) is 3. The summed E-state index contributed by atoms with van der Waals surface area (Å²) in [5.41, 5.74) is -0.0305. The summed E-state index contributed by atoms with van der Waals surface area (Å²) in [6, 6.07) is 0.653. The molecule has 0 radical (unpaired) electrons. The van der Waals surface area contributed by atoms with E-state index in [-0.39, 0.29) is 11.1 Å². The highest BCUT2D eigenvalue weighted by Crippen LogP contribution is 2.51. The number of esters is 2. The van der Waals surface area contributed by atoms with E-state index in [4.69, 9.17) is 14.2 Å². The van der Waals surface area contributed by atoms with E-state index in [1.165, 1.54) is 21.3 Å². The van der Waals surface area contributed by atoms with E-state index < -0.39 is 25.6 Å². The molecule has 0 aromatic rings. The molecule has 1 atom stereocenters. The summed E-state index contributed by atoms with van der Waals surface area (Å²) in [7, 11) is 2.48. The molecule has 0 aromatic carbocycles. The summed E-state index contributed by atoms with van der Waals surface area (Å²) in [5, 5.41) is 0. The summed E-state index contributed by atoms with van der Waals surface area (Å²) in [6.45, 7) is 10.4. The molecule has 0 saturated carbocycles. The molecule has 1 aliphatic carbocycles. The molecule has 0 aliphatic heterocycles. The number of rotatable bonds is 5. The van der Waals surface area contributed by atoms with Crippen molar-refractivity contribution in [1.29, 1.82) is 0 Å². The van der Waals surface area contributed by atoms with Crippen LogP contribution in [-0.2, 0) is 23.8 Å². The lowest BCUT2D eigenvalue weighted by Crippen LogP contribution is -2.53. The average molecular weight is 298 g/mol. The van der Waals surface area contributed by atoms with Crippen LogP contribution >= 0.6 is 0 Å². The second-order valence-corrected chi connectivity index (χ2v) is 11.5. The molecule has 0 saturated heterocycles. The Labute approximate surface area is 120 Å². The fourth-order valence-electron chi connectivity index (χ4n) is 2.58. The maximum absolute atomic E-state index is 12.0. The van der Waals surface area contributed by atoms with Crippen molar-refractivity contribution < 1.29 is 23.8 Å². The quantitative estimate of drug-likeness (QED) is 0.573. The SMILES string of the molecule is C=C1C(C(=O)OC)=C(C(=O)OC)C1(C[Si](C)(C)C)OC. The first-order chi connectivity index (χ1) is 9.14. The van der Waals surface area contributed by atoms with Crippen LogP contribution in [-0.4, -0.2) is 46.9 Å². The van der Waals surface area contributed by atoms with Crippen molar-refractivity contribution in [2.24, 2.45) is 0 Å². The van der Waals surface area contributed by atoms with E-state index in [1.807, 2.05) is 0 Å².